The molecule has 19 heavy (non-hydrogen) atoms. The number of carboxylic acid groups (broad SMARTS) is 1. The molecule has 1 unspecified atom stereocenters. The van der Waals surface area contributed by atoms with E-state index in [1.165, 1.54) is 11.1 Å². The van der Waals surface area contributed by atoms with Crippen molar-refractivity contribution in [3.63, 3.8) is 0 Å². The van der Waals surface area contributed by atoms with Crippen molar-refractivity contribution in [2.24, 2.45) is 5.41 Å². The topological polar surface area (TPSA) is 40.5 Å². The van der Waals surface area contributed by atoms with Crippen LogP contribution in [0.3, 0.4) is 0 Å². The first kappa shape index (κ1) is 15.7. The highest BCUT2D eigenvalue weighted by molar-refractivity contribution is 5.75. The molecule has 3 nitrogen and oxygen atoms in total. The number of aliphatic carboxylic acids is 1. The molecule has 1 aromatic carbocycles. The average Bonchev–Trinajstić information content (AvgIpc) is 2.24. The van der Waals surface area contributed by atoms with Gasteiger partial charge < -0.3 is 10.0 Å². The number of carboxylic acids is 1. The molecule has 1 atom stereocenters. The standard InChI is InChI=1S/C16H25NO2/c1-10-8-12(3)13(9-11(10)2)14(17(6)7)16(4,5)15(18)19/h8-9,14H,1-7H3,(H,18,19). The van der Waals surface area contributed by atoms with Gasteiger partial charge >= 0.3 is 5.97 Å². The molecule has 0 saturated carbocycles. The minimum absolute atomic E-state index is 0.149. The summed E-state index contributed by atoms with van der Waals surface area (Å²) in [5.74, 6) is -0.774. The van der Waals surface area contributed by atoms with Gasteiger partial charge in [0.1, 0.15) is 0 Å². The van der Waals surface area contributed by atoms with E-state index in [0.29, 0.717) is 0 Å². The first-order chi connectivity index (χ1) is 8.59. The van der Waals surface area contributed by atoms with Gasteiger partial charge in [-0.05, 0) is 71.0 Å². The Hall–Kier alpha value is -1.35. The van der Waals surface area contributed by atoms with Gasteiger partial charge in [0.2, 0.25) is 0 Å². The Labute approximate surface area is 116 Å². The minimum atomic E-state index is -0.837. The summed E-state index contributed by atoms with van der Waals surface area (Å²) in [6.45, 7) is 9.78. The molecule has 0 spiro atoms. The highest BCUT2D eigenvalue weighted by Crippen LogP contribution is 2.39. The number of hydrogen-bond donors (Lipinski definition) is 1. The molecule has 0 amide bonds. The lowest BCUT2D eigenvalue weighted by molar-refractivity contribution is -0.150. The largest absolute Gasteiger partial charge is 0.481 e. The van der Waals surface area contributed by atoms with Crippen LogP contribution < -0.4 is 0 Å². The van der Waals surface area contributed by atoms with Crippen molar-refractivity contribution in [2.75, 3.05) is 14.1 Å². The maximum Gasteiger partial charge on any atom is 0.311 e. The molecule has 0 bridgehead atoms. The van der Waals surface area contributed by atoms with Crippen LogP contribution in [0.4, 0.5) is 0 Å². The van der Waals surface area contributed by atoms with Crippen molar-refractivity contribution in [1.29, 1.82) is 0 Å². The van der Waals surface area contributed by atoms with Crippen molar-refractivity contribution < 1.29 is 9.90 Å². The maximum atomic E-state index is 11.6. The van der Waals surface area contributed by atoms with Gasteiger partial charge in [-0.3, -0.25) is 4.79 Å². The molecule has 0 fully saturated rings. The SMILES string of the molecule is Cc1cc(C)c(C(N(C)C)C(C)(C)C(=O)O)cc1C. The zero-order chi connectivity index (χ0) is 15.0. The van der Waals surface area contributed by atoms with Gasteiger partial charge in [-0.2, -0.15) is 0 Å². The summed E-state index contributed by atoms with van der Waals surface area (Å²) in [6, 6.07) is 4.11. The molecule has 0 aliphatic carbocycles. The Morgan fingerprint density at radius 2 is 1.58 bits per heavy atom. The summed E-state index contributed by atoms with van der Waals surface area (Å²) >= 11 is 0. The Morgan fingerprint density at radius 3 is 2.00 bits per heavy atom. The third-order valence-electron chi connectivity index (χ3n) is 3.93. The lowest BCUT2D eigenvalue weighted by Crippen LogP contribution is -2.39. The van der Waals surface area contributed by atoms with E-state index in [1.807, 2.05) is 19.0 Å². The second-order valence-corrected chi connectivity index (χ2v) is 6.19. The fraction of sp³-hybridized carbons (Fsp3) is 0.562. The van der Waals surface area contributed by atoms with E-state index in [0.717, 1.165) is 11.1 Å². The lowest BCUT2D eigenvalue weighted by Gasteiger charge is -2.37. The summed E-state index contributed by atoms with van der Waals surface area (Å²) in [5.41, 5.74) is 3.85. The van der Waals surface area contributed by atoms with Crippen LogP contribution in [-0.4, -0.2) is 30.1 Å². The van der Waals surface area contributed by atoms with Gasteiger partial charge in [0, 0.05) is 0 Å². The first-order valence-corrected chi connectivity index (χ1v) is 6.56. The predicted molar refractivity (Wildman–Crippen MR) is 78.5 cm³/mol. The molecule has 0 aliphatic heterocycles. The number of carbonyl (C=O) groups is 1. The van der Waals surface area contributed by atoms with Crippen molar-refractivity contribution in [3.8, 4) is 0 Å². The summed E-state index contributed by atoms with van der Waals surface area (Å²) in [6.07, 6.45) is 0. The molecular weight excluding hydrogens is 238 g/mol. The van der Waals surface area contributed by atoms with Gasteiger partial charge in [-0.1, -0.05) is 12.1 Å². The minimum Gasteiger partial charge on any atom is -0.481 e. The molecule has 0 heterocycles. The van der Waals surface area contributed by atoms with Crippen molar-refractivity contribution in [2.45, 2.75) is 40.7 Å². The molecular formula is C16H25NO2. The molecule has 3 heteroatoms. The van der Waals surface area contributed by atoms with Crippen molar-refractivity contribution >= 4 is 5.97 Å². The number of hydrogen-bond acceptors (Lipinski definition) is 2. The van der Waals surface area contributed by atoms with E-state index < -0.39 is 11.4 Å². The zero-order valence-electron chi connectivity index (χ0n) is 13.0. The Kier molecular flexibility index (Phi) is 4.41. The highest BCUT2D eigenvalue weighted by Gasteiger charge is 2.40. The summed E-state index contributed by atoms with van der Waals surface area (Å²) in [5, 5.41) is 9.51. The predicted octanol–water partition coefficient (Wildman–Crippen LogP) is 3.33. The van der Waals surface area contributed by atoms with E-state index in [1.54, 1.807) is 13.8 Å². The van der Waals surface area contributed by atoms with Gasteiger partial charge in [-0.15, -0.1) is 0 Å². The number of rotatable bonds is 4. The molecule has 1 rings (SSSR count). The van der Waals surface area contributed by atoms with Gasteiger partial charge in [0.25, 0.3) is 0 Å². The Balaban J connectivity index is 3.44. The van der Waals surface area contributed by atoms with Crippen LogP contribution in [0.15, 0.2) is 12.1 Å². The molecule has 0 saturated heterocycles. The van der Waals surface area contributed by atoms with E-state index in [2.05, 4.69) is 32.9 Å². The van der Waals surface area contributed by atoms with Gasteiger partial charge in [0.05, 0.1) is 11.5 Å². The first-order valence-electron chi connectivity index (χ1n) is 6.56. The zero-order valence-corrected chi connectivity index (χ0v) is 13.0. The quantitative estimate of drug-likeness (QED) is 0.906. The highest BCUT2D eigenvalue weighted by atomic mass is 16.4. The smallest absolute Gasteiger partial charge is 0.311 e. The van der Waals surface area contributed by atoms with Crippen LogP contribution in [0.1, 0.15) is 42.1 Å². The number of benzene rings is 1. The molecule has 1 N–H and O–H groups in total. The van der Waals surface area contributed by atoms with Crippen LogP contribution in [0.5, 0.6) is 0 Å². The van der Waals surface area contributed by atoms with Crippen LogP contribution in [0, 0.1) is 26.2 Å². The molecule has 0 radical (unpaired) electrons. The van der Waals surface area contributed by atoms with Crippen molar-refractivity contribution in [1.82, 2.24) is 4.90 Å². The second kappa shape index (κ2) is 5.33. The van der Waals surface area contributed by atoms with E-state index >= 15 is 0 Å². The van der Waals surface area contributed by atoms with Crippen LogP contribution in [0.2, 0.25) is 0 Å². The Morgan fingerprint density at radius 1 is 1.11 bits per heavy atom. The number of nitrogens with zero attached hydrogens (tertiary/aromatic N) is 1. The van der Waals surface area contributed by atoms with Crippen molar-refractivity contribution in [3.05, 3.63) is 34.4 Å². The molecule has 1 aromatic rings. The maximum absolute atomic E-state index is 11.6. The van der Waals surface area contributed by atoms with Crippen LogP contribution in [0.25, 0.3) is 0 Å². The van der Waals surface area contributed by atoms with E-state index in [9.17, 15) is 9.90 Å². The average molecular weight is 263 g/mol. The van der Waals surface area contributed by atoms with Crippen LogP contribution >= 0.6 is 0 Å². The molecule has 106 valence electrons. The molecule has 0 aliphatic rings. The fourth-order valence-corrected chi connectivity index (χ4v) is 2.71. The van der Waals surface area contributed by atoms with E-state index in [4.69, 9.17) is 0 Å². The summed E-state index contributed by atoms with van der Waals surface area (Å²) in [7, 11) is 3.87. The van der Waals surface area contributed by atoms with Gasteiger partial charge in [-0.25, -0.2) is 0 Å². The van der Waals surface area contributed by atoms with Crippen LogP contribution in [-0.2, 0) is 4.79 Å². The number of aryl methyl sites for hydroxylation is 3. The Bertz CT molecular complexity index is 490. The third-order valence-corrected chi connectivity index (χ3v) is 3.93. The monoisotopic (exact) mass is 263 g/mol. The van der Waals surface area contributed by atoms with E-state index in [-0.39, 0.29) is 6.04 Å². The summed E-state index contributed by atoms with van der Waals surface area (Å²) in [4.78, 5) is 13.6. The second-order valence-electron chi connectivity index (χ2n) is 6.19. The lowest BCUT2D eigenvalue weighted by atomic mass is 9.77. The molecule has 0 aromatic heterocycles. The summed E-state index contributed by atoms with van der Waals surface area (Å²) < 4.78 is 0. The third kappa shape index (κ3) is 2.98. The van der Waals surface area contributed by atoms with Gasteiger partial charge in [0.15, 0.2) is 0 Å². The fourth-order valence-electron chi connectivity index (χ4n) is 2.71. The normalized spacial score (nSPS) is 13.7.